The highest BCUT2D eigenvalue weighted by Gasteiger charge is 2.31. The van der Waals surface area contributed by atoms with Crippen molar-refractivity contribution in [1.82, 2.24) is 19.7 Å². The zero-order valence-electron chi connectivity index (χ0n) is 21.0. The summed E-state index contributed by atoms with van der Waals surface area (Å²) in [6.45, 7) is 1.85. The number of anilines is 2. The third-order valence-corrected chi connectivity index (χ3v) is 6.79. The molecular weight excluding hydrogens is 509 g/mol. The number of hydrogen-bond acceptors (Lipinski definition) is 6. The Balaban J connectivity index is 1.44. The van der Waals surface area contributed by atoms with E-state index in [-0.39, 0.29) is 23.5 Å². The number of aliphatic hydroxyl groups excluding tert-OH is 1. The molecule has 1 fully saturated rings. The first-order valence-corrected chi connectivity index (χ1v) is 12.4. The quantitative estimate of drug-likeness (QED) is 0.323. The zero-order chi connectivity index (χ0) is 27.7. The summed E-state index contributed by atoms with van der Waals surface area (Å²) in [6, 6.07) is 9.35. The van der Waals surface area contributed by atoms with E-state index in [1.165, 1.54) is 18.5 Å². The number of aryl methyl sites for hydroxylation is 1. The van der Waals surface area contributed by atoms with Crippen molar-refractivity contribution in [2.75, 3.05) is 11.1 Å². The second-order valence-electron chi connectivity index (χ2n) is 9.53. The lowest BCUT2D eigenvalue weighted by Gasteiger charge is -2.25. The minimum Gasteiger partial charge on any atom is -0.393 e. The molecule has 1 aliphatic carbocycles. The number of halogens is 3. The van der Waals surface area contributed by atoms with E-state index in [2.05, 4.69) is 27.1 Å². The lowest BCUT2D eigenvalue weighted by atomic mass is 9.93. The van der Waals surface area contributed by atoms with Crippen molar-refractivity contribution in [2.24, 2.45) is 0 Å². The van der Waals surface area contributed by atoms with E-state index in [1.807, 2.05) is 11.6 Å². The van der Waals surface area contributed by atoms with Crippen LogP contribution in [0, 0.1) is 18.8 Å². The van der Waals surface area contributed by atoms with Crippen LogP contribution < -0.4 is 11.1 Å². The van der Waals surface area contributed by atoms with Crippen molar-refractivity contribution in [3.05, 3.63) is 76.7 Å². The number of nitrogens with two attached hydrogens (primary N) is 1. The van der Waals surface area contributed by atoms with Gasteiger partial charge in [-0.15, -0.1) is 0 Å². The summed E-state index contributed by atoms with van der Waals surface area (Å²) in [5.41, 5.74) is 7.94. The first-order chi connectivity index (χ1) is 18.6. The molecule has 1 amide bonds. The number of benzene rings is 2. The summed E-state index contributed by atoms with van der Waals surface area (Å²) >= 11 is 0. The van der Waals surface area contributed by atoms with Gasteiger partial charge >= 0.3 is 6.18 Å². The molecule has 1 aliphatic rings. The Hall–Kier alpha value is -4.43. The molecule has 39 heavy (non-hydrogen) atoms. The molecule has 0 saturated heterocycles. The van der Waals surface area contributed by atoms with Crippen molar-refractivity contribution >= 4 is 28.4 Å². The molecule has 0 unspecified atom stereocenters. The normalized spacial score (nSPS) is 17.5. The molecule has 2 aromatic carbocycles. The maximum absolute atomic E-state index is 13.0. The summed E-state index contributed by atoms with van der Waals surface area (Å²) in [6.07, 6.45) is -0.634. The van der Waals surface area contributed by atoms with Crippen molar-refractivity contribution in [2.45, 2.75) is 50.9 Å². The summed E-state index contributed by atoms with van der Waals surface area (Å²) in [5, 5.41) is 17.8. The fourth-order valence-electron chi connectivity index (χ4n) is 4.64. The lowest BCUT2D eigenvalue weighted by molar-refractivity contribution is -0.137. The van der Waals surface area contributed by atoms with Gasteiger partial charge in [-0.1, -0.05) is 18.1 Å². The molecule has 11 heteroatoms. The van der Waals surface area contributed by atoms with E-state index in [4.69, 9.17) is 10.8 Å². The monoisotopic (exact) mass is 534 g/mol. The van der Waals surface area contributed by atoms with Gasteiger partial charge in [0.1, 0.15) is 17.8 Å². The summed E-state index contributed by atoms with van der Waals surface area (Å²) in [7, 11) is 0. The van der Waals surface area contributed by atoms with Gasteiger partial charge in [-0.3, -0.25) is 4.79 Å². The van der Waals surface area contributed by atoms with Crippen LogP contribution >= 0.6 is 0 Å². The van der Waals surface area contributed by atoms with Crippen LogP contribution in [0.4, 0.5) is 24.7 Å². The van der Waals surface area contributed by atoms with E-state index in [1.54, 1.807) is 18.2 Å². The molecule has 0 aliphatic heterocycles. The molecular formula is C28H25F3N6O2. The number of alkyl halides is 3. The van der Waals surface area contributed by atoms with Crippen LogP contribution in [-0.4, -0.2) is 36.9 Å². The fourth-order valence-corrected chi connectivity index (χ4v) is 4.64. The maximum atomic E-state index is 13.0. The van der Waals surface area contributed by atoms with Gasteiger partial charge in [-0.05, 0) is 74.4 Å². The number of carbonyl (C=O) groups excluding carboxylic acids is 1. The number of rotatable bonds is 3. The molecule has 0 spiro atoms. The molecule has 2 heterocycles. The minimum absolute atomic E-state index is 0.0527. The van der Waals surface area contributed by atoms with Crippen LogP contribution in [-0.2, 0) is 6.18 Å². The van der Waals surface area contributed by atoms with Gasteiger partial charge in [0.2, 0.25) is 0 Å². The highest BCUT2D eigenvalue weighted by molar-refractivity contribution is 6.04. The molecule has 5 rings (SSSR count). The second kappa shape index (κ2) is 10.4. The molecule has 0 bridgehead atoms. The van der Waals surface area contributed by atoms with Gasteiger partial charge in [0, 0.05) is 16.8 Å². The standard InChI is InChI=1S/C28H25F3N6O2/c1-16-5-7-20(35-27(39)18-3-2-4-19(13-18)28(29,30)31)14-17(16)6-12-23-24-25(32)33-15-34-26(24)37(36-23)21-8-10-22(38)11-9-21/h2-5,7,13-15,21-22,38H,8-11H2,1H3,(H,35,39)(H2,32,33,34)/t21-,22+. The topological polar surface area (TPSA) is 119 Å². The number of amides is 1. The third kappa shape index (κ3) is 5.56. The highest BCUT2D eigenvalue weighted by atomic mass is 19.4. The number of hydrogen-bond donors (Lipinski definition) is 3. The first-order valence-electron chi connectivity index (χ1n) is 12.4. The van der Waals surface area contributed by atoms with Crippen LogP contribution in [0.2, 0.25) is 0 Å². The number of fused-ring (bicyclic) bond motifs is 1. The number of aliphatic hydroxyl groups is 1. The van der Waals surface area contributed by atoms with Gasteiger partial charge < -0.3 is 16.2 Å². The van der Waals surface area contributed by atoms with E-state index >= 15 is 0 Å². The average molecular weight is 535 g/mol. The molecule has 1 saturated carbocycles. The third-order valence-electron chi connectivity index (χ3n) is 6.79. The lowest BCUT2D eigenvalue weighted by Crippen LogP contribution is -2.22. The van der Waals surface area contributed by atoms with Gasteiger partial charge in [0.25, 0.3) is 5.91 Å². The Morgan fingerprint density at radius 1 is 1.10 bits per heavy atom. The summed E-state index contributed by atoms with van der Waals surface area (Å²) < 4.78 is 40.9. The Morgan fingerprint density at radius 2 is 1.87 bits per heavy atom. The predicted molar refractivity (Wildman–Crippen MR) is 140 cm³/mol. The highest BCUT2D eigenvalue weighted by Crippen LogP contribution is 2.32. The van der Waals surface area contributed by atoms with E-state index in [0.717, 1.165) is 30.5 Å². The molecule has 200 valence electrons. The molecule has 0 atom stereocenters. The summed E-state index contributed by atoms with van der Waals surface area (Å²) in [4.78, 5) is 21.1. The Labute approximate surface area is 222 Å². The number of nitrogens with zero attached hydrogens (tertiary/aromatic N) is 4. The van der Waals surface area contributed by atoms with E-state index in [9.17, 15) is 23.1 Å². The van der Waals surface area contributed by atoms with Gasteiger partial charge in [0.15, 0.2) is 5.65 Å². The smallest absolute Gasteiger partial charge is 0.393 e. The maximum Gasteiger partial charge on any atom is 0.416 e. The Morgan fingerprint density at radius 3 is 2.62 bits per heavy atom. The van der Waals surface area contributed by atoms with Crippen LogP contribution in [0.25, 0.3) is 11.0 Å². The average Bonchev–Trinajstić information content (AvgIpc) is 3.29. The van der Waals surface area contributed by atoms with Crippen molar-refractivity contribution in [3.8, 4) is 11.8 Å². The molecule has 4 N–H and O–H groups in total. The number of nitrogen functional groups attached to an aromatic ring is 1. The van der Waals surface area contributed by atoms with Crippen molar-refractivity contribution < 1.29 is 23.1 Å². The Kier molecular flexibility index (Phi) is 6.97. The van der Waals surface area contributed by atoms with Crippen LogP contribution in [0.5, 0.6) is 0 Å². The van der Waals surface area contributed by atoms with Crippen molar-refractivity contribution in [1.29, 1.82) is 0 Å². The number of aromatic nitrogens is 4. The number of carbonyl (C=O) groups is 1. The predicted octanol–water partition coefficient (Wildman–Crippen LogP) is 4.86. The molecule has 2 aromatic heterocycles. The molecule has 0 radical (unpaired) electrons. The van der Waals surface area contributed by atoms with Crippen LogP contribution in [0.1, 0.15) is 64.5 Å². The Bertz CT molecular complexity index is 1610. The fraction of sp³-hybridized carbons (Fsp3) is 0.286. The first kappa shape index (κ1) is 26.2. The van der Waals surface area contributed by atoms with E-state index < -0.39 is 17.6 Å². The second-order valence-corrected chi connectivity index (χ2v) is 9.53. The van der Waals surface area contributed by atoms with E-state index in [0.29, 0.717) is 40.8 Å². The minimum atomic E-state index is -4.55. The summed E-state index contributed by atoms with van der Waals surface area (Å²) in [5.74, 6) is 5.72. The zero-order valence-corrected chi connectivity index (χ0v) is 21.0. The van der Waals surface area contributed by atoms with Crippen molar-refractivity contribution in [3.63, 3.8) is 0 Å². The molecule has 4 aromatic rings. The van der Waals surface area contributed by atoms with Crippen LogP contribution in [0.3, 0.4) is 0 Å². The SMILES string of the molecule is Cc1ccc(NC(=O)c2cccc(C(F)(F)F)c2)cc1C#Cc1nn([C@H]2CC[C@@H](O)CC2)c2ncnc(N)c12. The van der Waals surface area contributed by atoms with Gasteiger partial charge in [-0.25, -0.2) is 14.6 Å². The molecule has 8 nitrogen and oxygen atoms in total. The van der Waals surface area contributed by atoms with Gasteiger partial charge in [-0.2, -0.15) is 18.3 Å². The number of nitrogens with one attached hydrogen (secondary N) is 1. The van der Waals surface area contributed by atoms with Gasteiger partial charge in [0.05, 0.1) is 23.1 Å². The largest absolute Gasteiger partial charge is 0.416 e. The van der Waals surface area contributed by atoms with Crippen LogP contribution in [0.15, 0.2) is 48.8 Å².